The molecule has 0 saturated heterocycles. The van der Waals surface area contributed by atoms with Crippen molar-refractivity contribution in [2.24, 2.45) is 11.5 Å². The van der Waals surface area contributed by atoms with Crippen molar-refractivity contribution in [3.8, 4) is 0 Å². The molecule has 0 bridgehead atoms. The van der Waals surface area contributed by atoms with Crippen LogP contribution < -0.4 is 11.5 Å². The minimum atomic E-state index is -1.09. The van der Waals surface area contributed by atoms with E-state index in [0.717, 1.165) is 5.75 Å². The molecule has 0 spiro atoms. The second-order valence-corrected chi connectivity index (χ2v) is 4.79. The van der Waals surface area contributed by atoms with E-state index in [1.165, 1.54) is 6.92 Å². The Morgan fingerprint density at radius 3 is 1.90 bits per heavy atom. The van der Waals surface area contributed by atoms with E-state index >= 15 is 0 Å². The van der Waals surface area contributed by atoms with Crippen LogP contribution in [0, 0.1) is 0 Å². The molecule has 1 unspecified atom stereocenters. The van der Waals surface area contributed by atoms with Crippen LogP contribution in [0.2, 0.25) is 0 Å². The molecule has 0 rings (SSSR count). The van der Waals surface area contributed by atoms with Gasteiger partial charge in [-0.3, -0.25) is 14.4 Å². The lowest BCUT2D eigenvalue weighted by Crippen LogP contribution is -2.31. The van der Waals surface area contributed by atoms with Gasteiger partial charge in [0.1, 0.15) is 12.1 Å². The Kier molecular flexibility index (Phi) is 13.3. The number of hydrogen-bond acceptors (Lipinski definition) is 7. The molecule has 8 nitrogen and oxygen atoms in total. The number of nitrogens with two attached hydrogens (primary N) is 2. The lowest BCUT2D eigenvalue weighted by atomic mass is 10.2. The maximum absolute atomic E-state index is 10.2. The predicted molar refractivity (Wildman–Crippen MR) is 75.5 cm³/mol. The van der Waals surface area contributed by atoms with Crippen molar-refractivity contribution >= 4 is 29.7 Å². The maximum atomic E-state index is 10.2. The largest absolute Gasteiger partial charge is 0.480 e. The summed E-state index contributed by atoms with van der Waals surface area (Å²) in [6, 6.07) is -1.63. The van der Waals surface area contributed by atoms with Gasteiger partial charge in [0.25, 0.3) is 0 Å². The molecule has 0 aliphatic rings. The monoisotopic (exact) mass is 310 g/mol. The zero-order chi connectivity index (χ0) is 16.1. The van der Waals surface area contributed by atoms with Gasteiger partial charge in [0, 0.05) is 13.3 Å². The molecule has 6 N–H and O–H groups in total. The summed E-state index contributed by atoms with van der Waals surface area (Å²) in [4.78, 5) is 30.4. The molecule has 20 heavy (non-hydrogen) atoms. The van der Waals surface area contributed by atoms with Gasteiger partial charge in [-0.15, -0.1) is 0 Å². The quantitative estimate of drug-likeness (QED) is 0.434. The maximum Gasteiger partial charge on any atom is 0.320 e. The summed E-state index contributed by atoms with van der Waals surface area (Å²) in [7, 11) is 0. The van der Waals surface area contributed by atoms with E-state index in [0.29, 0.717) is 6.42 Å². The van der Waals surface area contributed by atoms with Crippen LogP contribution in [0.4, 0.5) is 0 Å². The molecule has 0 amide bonds. The van der Waals surface area contributed by atoms with E-state index in [-0.39, 0.29) is 13.0 Å². The number of carbonyl (C=O) groups is 3. The number of thioether (sulfide) groups is 1. The molecular weight excluding hydrogens is 288 g/mol. The number of esters is 1. The van der Waals surface area contributed by atoms with Crippen molar-refractivity contribution in [3.05, 3.63) is 0 Å². The fourth-order valence-electron chi connectivity index (χ4n) is 0.821. The molecule has 0 fully saturated rings. The van der Waals surface area contributed by atoms with Crippen LogP contribution in [0.1, 0.15) is 19.8 Å². The van der Waals surface area contributed by atoms with Crippen molar-refractivity contribution < 1.29 is 29.3 Å². The van der Waals surface area contributed by atoms with E-state index in [1.54, 1.807) is 11.8 Å². The molecule has 0 aromatic carbocycles. The van der Waals surface area contributed by atoms with E-state index in [2.05, 4.69) is 4.74 Å². The first kappa shape index (κ1) is 21.0. The summed E-state index contributed by atoms with van der Waals surface area (Å²) in [5.74, 6) is -1.61. The third kappa shape index (κ3) is 14.7. The molecule has 0 aromatic heterocycles. The van der Waals surface area contributed by atoms with Crippen LogP contribution in [0.5, 0.6) is 0 Å². The average molecular weight is 310 g/mol. The Morgan fingerprint density at radius 2 is 1.55 bits per heavy atom. The Morgan fingerprint density at radius 1 is 1.10 bits per heavy atom. The van der Waals surface area contributed by atoms with Crippen molar-refractivity contribution in [3.63, 3.8) is 0 Å². The van der Waals surface area contributed by atoms with Gasteiger partial charge in [-0.05, 0) is 18.4 Å². The lowest BCUT2D eigenvalue weighted by molar-refractivity contribution is -0.144. The van der Waals surface area contributed by atoms with Crippen LogP contribution in [-0.2, 0) is 19.1 Å². The van der Waals surface area contributed by atoms with E-state index in [4.69, 9.17) is 21.7 Å². The number of carboxylic acids is 2. The highest BCUT2D eigenvalue weighted by atomic mass is 32.2. The van der Waals surface area contributed by atoms with Gasteiger partial charge in [0.15, 0.2) is 0 Å². The SMILES string of the molecule is CC(=O)OCCC(N)C(=O)O.CSCC[C@H](N)C(=O)O. The fourth-order valence-corrected chi connectivity index (χ4v) is 1.31. The van der Waals surface area contributed by atoms with Crippen LogP contribution in [-0.4, -0.2) is 58.8 Å². The number of hydrogen-bond donors (Lipinski definition) is 4. The molecule has 0 saturated carbocycles. The van der Waals surface area contributed by atoms with Crippen LogP contribution >= 0.6 is 11.8 Å². The van der Waals surface area contributed by atoms with E-state index < -0.39 is 30.0 Å². The summed E-state index contributed by atoms with van der Waals surface area (Å²) in [6.45, 7) is 1.31. The molecule has 0 aromatic rings. The summed E-state index contributed by atoms with van der Waals surface area (Å²) in [5.41, 5.74) is 10.3. The Balaban J connectivity index is 0. The smallest absolute Gasteiger partial charge is 0.320 e. The normalized spacial score (nSPS) is 12.6. The first-order chi connectivity index (χ1) is 9.22. The highest BCUT2D eigenvalue weighted by Gasteiger charge is 2.10. The summed E-state index contributed by atoms with van der Waals surface area (Å²) < 4.78 is 4.48. The number of ether oxygens (including phenoxy) is 1. The van der Waals surface area contributed by atoms with Gasteiger partial charge in [-0.2, -0.15) is 11.8 Å². The van der Waals surface area contributed by atoms with Gasteiger partial charge in [-0.1, -0.05) is 0 Å². The van der Waals surface area contributed by atoms with E-state index in [1.807, 2.05) is 6.26 Å². The van der Waals surface area contributed by atoms with Crippen LogP contribution in [0.25, 0.3) is 0 Å². The molecule has 9 heteroatoms. The molecular formula is C11H22N2O6S. The first-order valence-electron chi connectivity index (χ1n) is 5.81. The zero-order valence-corrected chi connectivity index (χ0v) is 12.4. The second-order valence-electron chi connectivity index (χ2n) is 3.80. The van der Waals surface area contributed by atoms with Gasteiger partial charge < -0.3 is 26.4 Å². The van der Waals surface area contributed by atoms with E-state index in [9.17, 15) is 14.4 Å². The zero-order valence-electron chi connectivity index (χ0n) is 11.6. The van der Waals surface area contributed by atoms with Gasteiger partial charge in [0.05, 0.1) is 6.61 Å². The second kappa shape index (κ2) is 12.7. The molecule has 0 radical (unpaired) electrons. The lowest BCUT2D eigenvalue weighted by Gasteiger charge is -2.04. The summed E-state index contributed by atoms with van der Waals surface area (Å²) in [6.07, 6.45) is 2.62. The Labute approximate surface area is 121 Å². The predicted octanol–water partition coefficient (Wildman–Crippen LogP) is -0.497. The summed E-state index contributed by atoms with van der Waals surface area (Å²) in [5, 5.41) is 16.6. The van der Waals surface area contributed by atoms with Crippen molar-refractivity contribution in [1.82, 2.24) is 0 Å². The minimum absolute atomic E-state index is 0.0583. The van der Waals surface area contributed by atoms with Crippen LogP contribution in [0.15, 0.2) is 0 Å². The third-order valence-electron chi connectivity index (χ3n) is 2.00. The molecule has 0 aliphatic carbocycles. The van der Waals surface area contributed by atoms with Crippen molar-refractivity contribution in [1.29, 1.82) is 0 Å². The Bertz CT molecular complexity index is 313. The highest BCUT2D eigenvalue weighted by Crippen LogP contribution is 1.97. The average Bonchev–Trinajstić information content (AvgIpc) is 2.35. The van der Waals surface area contributed by atoms with Gasteiger partial charge in [-0.25, -0.2) is 0 Å². The highest BCUT2D eigenvalue weighted by molar-refractivity contribution is 7.98. The fraction of sp³-hybridized carbons (Fsp3) is 0.727. The number of aliphatic carboxylic acids is 2. The number of rotatable bonds is 8. The summed E-state index contributed by atoms with van der Waals surface area (Å²) >= 11 is 1.60. The topological polar surface area (TPSA) is 153 Å². The molecule has 0 heterocycles. The first-order valence-corrected chi connectivity index (χ1v) is 7.20. The van der Waals surface area contributed by atoms with Gasteiger partial charge in [0.2, 0.25) is 0 Å². The third-order valence-corrected chi connectivity index (χ3v) is 2.65. The molecule has 118 valence electrons. The minimum Gasteiger partial charge on any atom is -0.480 e. The Hall–Kier alpha value is -1.32. The number of carbonyl (C=O) groups excluding carboxylic acids is 1. The number of carboxylic acid groups (broad SMARTS) is 2. The van der Waals surface area contributed by atoms with Gasteiger partial charge >= 0.3 is 17.9 Å². The van der Waals surface area contributed by atoms with Crippen LogP contribution in [0.3, 0.4) is 0 Å². The molecule has 0 aliphatic heterocycles. The van der Waals surface area contributed by atoms with Crippen molar-refractivity contribution in [2.45, 2.75) is 31.8 Å². The standard InChI is InChI=1S/C6H11NO4.C5H11NO2S/c1-4(8)11-3-2-5(7)6(9)10;1-9-3-2-4(6)5(7)8/h5H,2-3,7H2,1H3,(H,9,10);4H,2-3,6H2,1H3,(H,7,8)/t;4-/m.0/s1. The molecule has 2 atom stereocenters. The van der Waals surface area contributed by atoms with Crippen molar-refractivity contribution in [2.75, 3.05) is 18.6 Å².